The summed E-state index contributed by atoms with van der Waals surface area (Å²) in [6, 6.07) is 16.1. The zero-order valence-corrected chi connectivity index (χ0v) is 15.5. The number of nitrogens with one attached hydrogen (secondary N) is 1. The Morgan fingerprint density at radius 1 is 1.19 bits per heavy atom. The van der Waals surface area contributed by atoms with Crippen LogP contribution in [0.2, 0.25) is 0 Å². The van der Waals surface area contributed by atoms with Gasteiger partial charge in [-0.1, -0.05) is 6.07 Å². The van der Waals surface area contributed by atoms with Gasteiger partial charge < -0.3 is 15.2 Å². The topological polar surface area (TPSA) is 85.9 Å². The van der Waals surface area contributed by atoms with Crippen molar-refractivity contribution in [2.75, 3.05) is 12.8 Å². The Kier molecular flexibility index (Phi) is 6.06. The lowest BCUT2D eigenvalue weighted by atomic mass is 10.2. The number of thiophene rings is 1. The van der Waals surface area contributed by atoms with Crippen LogP contribution in [0.15, 0.2) is 65.1 Å². The van der Waals surface area contributed by atoms with Crippen LogP contribution in [0.1, 0.15) is 20.8 Å². The Morgan fingerprint density at radius 2 is 2.00 bits per heavy atom. The average molecular weight is 381 g/mol. The molecule has 0 aliphatic carbocycles. The first-order valence-corrected chi connectivity index (χ1v) is 9.06. The van der Waals surface area contributed by atoms with Crippen molar-refractivity contribution in [2.45, 2.75) is 6.61 Å². The van der Waals surface area contributed by atoms with E-state index in [1.165, 1.54) is 0 Å². The van der Waals surface area contributed by atoms with Gasteiger partial charge in [0.05, 0.1) is 13.3 Å². The zero-order chi connectivity index (χ0) is 19.1. The number of benzene rings is 2. The smallest absolute Gasteiger partial charge is 0.271 e. The number of nitrogens with two attached hydrogens (primary N) is 1. The molecule has 0 bridgehead atoms. The van der Waals surface area contributed by atoms with Gasteiger partial charge in [0.25, 0.3) is 5.91 Å². The molecule has 1 heterocycles. The highest BCUT2D eigenvalue weighted by Gasteiger charge is 2.07. The minimum atomic E-state index is -0.311. The highest BCUT2D eigenvalue weighted by atomic mass is 32.1. The van der Waals surface area contributed by atoms with Crippen molar-refractivity contribution in [1.82, 2.24) is 5.43 Å². The minimum absolute atomic E-state index is 0.311. The third-order valence-electron chi connectivity index (χ3n) is 3.69. The number of amides is 1. The van der Waals surface area contributed by atoms with E-state index in [2.05, 4.69) is 10.5 Å². The molecule has 0 radical (unpaired) electrons. The fraction of sp³-hybridized carbons (Fsp3) is 0.100. The molecule has 6 nitrogen and oxygen atoms in total. The first kappa shape index (κ1) is 18.5. The number of carbonyl (C=O) groups excluding carboxylic acids is 1. The summed E-state index contributed by atoms with van der Waals surface area (Å²) in [4.78, 5) is 13.1. The van der Waals surface area contributed by atoms with Crippen LogP contribution in [0.4, 0.5) is 5.69 Å². The zero-order valence-electron chi connectivity index (χ0n) is 14.7. The number of methoxy groups -OCH3 is 1. The summed E-state index contributed by atoms with van der Waals surface area (Å²) in [5.74, 6) is 0.934. The number of hydrogen-bond acceptors (Lipinski definition) is 6. The van der Waals surface area contributed by atoms with Gasteiger partial charge in [0.15, 0.2) is 11.5 Å². The number of nitrogen functional groups attached to an aromatic ring is 1. The molecule has 0 saturated heterocycles. The van der Waals surface area contributed by atoms with Gasteiger partial charge in [-0.15, -0.1) is 11.3 Å². The fourth-order valence-corrected chi connectivity index (χ4v) is 2.91. The van der Waals surface area contributed by atoms with Gasteiger partial charge in [-0.2, -0.15) is 5.10 Å². The van der Waals surface area contributed by atoms with Crippen molar-refractivity contribution < 1.29 is 14.3 Å². The van der Waals surface area contributed by atoms with E-state index >= 15 is 0 Å². The standard InChI is InChI=1S/C20H19N3O3S/c1-25-19-11-14(4-9-18(19)26-13-17-3-2-10-27-17)12-22-23-20(24)15-5-7-16(21)8-6-15/h2-12H,13,21H2,1H3,(H,23,24)/b22-12-. The van der Waals surface area contributed by atoms with Crippen molar-refractivity contribution in [2.24, 2.45) is 5.10 Å². The van der Waals surface area contributed by atoms with E-state index in [-0.39, 0.29) is 5.91 Å². The molecule has 3 aromatic rings. The third-order valence-corrected chi connectivity index (χ3v) is 4.54. The lowest BCUT2D eigenvalue weighted by molar-refractivity contribution is 0.0955. The van der Waals surface area contributed by atoms with E-state index in [9.17, 15) is 4.79 Å². The number of hydrazone groups is 1. The maximum Gasteiger partial charge on any atom is 0.271 e. The van der Waals surface area contributed by atoms with Gasteiger partial charge in [0, 0.05) is 16.1 Å². The molecule has 2 aromatic carbocycles. The number of hydrogen-bond donors (Lipinski definition) is 2. The molecule has 3 rings (SSSR count). The lowest BCUT2D eigenvalue weighted by Crippen LogP contribution is -2.17. The van der Waals surface area contributed by atoms with Crippen LogP contribution in [0.5, 0.6) is 11.5 Å². The van der Waals surface area contributed by atoms with Gasteiger partial charge in [-0.05, 0) is 59.5 Å². The van der Waals surface area contributed by atoms with Crippen molar-refractivity contribution in [3.8, 4) is 11.5 Å². The molecular formula is C20H19N3O3S. The summed E-state index contributed by atoms with van der Waals surface area (Å²) in [5, 5.41) is 5.99. The van der Waals surface area contributed by atoms with Crippen LogP contribution >= 0.6 is 11.3 Å². The average Bonchev–Trinajstić information content (AvgIpc) is 3.21. The molecule has 7 heteroatoms. The maximum atomic E-state index is 12.0. The molecule has 0 atom stereocenters. The second-order valence-electron chi connectivity index (χ2n) is 5.60. The molecule has 1 aromatic heterocycles. The Morgan fingerprint density at radius 3 is 2.70 bits per heavy atom. The molecule has 138 valence electrons. The van der Waals surface area contributed by atoms with Gasteiger partial charge in [0.2, 0.25) is 0 Å². The molecule has 1 amide bonds. The predicted molar refractivity (Wildman–Crippen MR) is 108 cm³/mol. The SMILES string of the molecule is COc1cc(/C=N\NC(=O)c2ccc(N)cc2)ccc1OCc1cccs1. The molecule has 27 heavy (non-hydrogen) atoms. The van der Waals surface area contributed by atoms with Crippen LogP contribution in [-0.2, 0) is 6.61 Å². The minimum Gasteiger partial charge on any atom is -0.493 e. The number of ether oxygens (including phenoxy) is 2. The first-order valence-electron chi connectivity index (χ1n) is 8.18. The number of nitrogens with zero attached hydrogens (tertiary/aromatic N) is 1. The molecule has 0 spiro atoms. The van der Waals surface area contributed by atoms with Gasteiger partial charge in [0.1, 0.15) is 6.61 Å². The number of anilines is 1. The first-order chi connectivity index (χ1) is 13.2. The highest BCUT2D eigenvalue weighted by Crippen LogP contribution is 2.28. The van der Waals surface area contributed by atoms with E-state index in [4.69, 9.17) is 15.2 Å². The van der Waals surface area contributed by atoms with Gasteiger partial charge in [-0.3, -0.25) is 4.79 Å². The maximum absolute atomic E-state index is 12.0. The largest absolute Gasteiger partial charge is 0.493 e. The molecule has 0 aliphatic heterocycles. The summed E-state index contributed by atoms with van der Waals surface area (Å²) in [6.07, 6.45) is 1.54. The molecule has 3 N–H and O–H groups in total. The van der Waals surface area contributed by atoms with E-state index < -0.39 is 0 Å². The molecule has 0 aliphatic rings. The lowest BCUT2D eigenvalue weighted by Gasteiger charge is -2.10. The molecular weight excluding hydrogens is 362 g/mol. The number of rotatable bonds is 7. The van der Waals surface area contributed by atoms with Crippen molar-refractivity contribution in [3.63, 3.8) is 0 Å². The van der Waals surface area contributed by atoms with Crippen LogP contribution < -0.4 is 20.6 Å². The van der Waals surface area contributed by atoms with Crippen molar-refractivity contribution in [1.29, 1.82) is 0 Å². The van der Waals surface area contributed by atoms with E-state index in [1.54, 1.807) is 55.0 Å². The predicted octanol–water partition coefficient (Wildman–Crippen LogP) is 3.68. The normalized spacial score (nSPS) is 10.7. The van der Waals surface area contributed by atoms with Gasteiger partial charge >= 0.3 is 0 Å². The Labute approximate surface area is 161 Å². The van der Waals surface area contributed by atoms with Crippen LogP contribution in [0.25, 0.3) is 0 Å². The van der Waals surface area contributed by atoms with Crippen LogP contribution in [-0.4, -0.2) is 19.2 Å². The van der Waals surface area contributed by atoms with Gasteiger partial charge in [-0.25, -0.2) is 5.43 Å². The summed E-state index contributed by atoms with van der Waals surface area (Å²) in [5.41, 5.74) is 9.94. The second-order valence-corrected chi connectivity index (χ2v) is 6.63. The Balaban J connectivity index is 1.61. The molecule has 0 fully saturated rings. The summed E-state index contributed by atoms with van der Waals surface area (Å²) in [6.45, 7) is 0.485. The summed E-state index contributed by atoms with van der Waals surface area (Å²) in [7, 11) is 1.58. The Bertz CT molecular complexity index is 922. The second kappa shape index (κ2) is 8.86. The Hall–Kier alpha value is -3.32. The van der Waals surface area contributed by atoms with Crippen molar-refractivity contribution in [3.05, 3.63) is 76.0 Å². The third kappa shape index (κ3) is 5.08. The summed E-state index contributed by atoms with van der Waals surface area (Å²) < 4.78 is 11.2. The van der Waals surface area contributed by atoms with Crippen LogP contribution in [0.3, 0.4) is 0 Å². The monoisotopic (exact) mass is 381 g/mol. The molecule has 0 unspecified atom stereocenters. The molecule has 0 saturated carbocycles. The van der Waals surface area contributed by atoms with Crippen molar-refractivity contribution >= 4 is 29.1 Å². The van der Waals surface area contributed by atoms with E-state index in [0.29, 0.717) is 29.4 Å². The summed E-state index contributed by atoms with van der Waals surface area (Å²) >= 11 is 1.64. The van der Waals surface area contributed by atoms with E-state index in [0.717, 1.165) is 10.4 Å². The fourth-order valence-electron chi connectivity index (χ4n) is 2.29. The van der Waals surface area contributed by atoms with Crippen LogP contribution in [0, 0.1) is 0 Å². The highest BCUT2D eigenvalue weighted by molar-refractivity contribution is 7.09. The quantitative estimate of drug-likeness (QED) is 0.371. The number of carbonyl (C=O) groups is 1. The van der Waals surface area contributed by atoms with E-state index in [1.807, 2.05) is 29.6 Å².